The zero-order valence-electron chi connectivity index (χ0n) is 13.6. The van der Waals surface area contributed by atoms with Gasteiger partial charge >= 0.3 is 0 Å². The molecular formula is C19H11F2N3O2S. The number of hydrogen-bond acceptors (Lipinski definition) is 4. The van der Waals surface area contributed by atoms with Gasteiger partial charge in [-0.25, -0.2) is 13.8 Å². The van der Waals surface area contributed by atoms with Crippen molar-refractivity contribution in [2.24, 2.45) is 0 Å². The molecule has 3 aromatic rings. The van der Waals surface area contributed by atoms with Crippen LogP contribution in [0.4, 0.5) is 20.3 Å². The lowest BCUT2D eigenvalue weighted by Crippen LogP contribution is -2.15. The summed E-state index contributed by atoms with van der Waals surface area (Å²) in [5.41, 5.74) is 0.969. The molecule has 8 heteroatoms. The number of fused-ring (bicyclic) bond motifs is 2. The highest BCUT2D eigenvalue weighted by Gasteiger charge is 2.21. The molecule has 1 aliphatic heterocycles. The third-order valence-corrected chi connectivity index (χ3v) is 5.02. The van der Waals surface area contributed by atoms with E-state index >= 15 is 0 Å². The van der Waals surface area contributed by atoms with Crippen LogP contribution < -0.4 is 10.6 Å². The fourth-order valence-corrected chi connectivity index (χ4v) is 3.56. The molecule has 0 unspecified atom stereocenters. The lowest BCUT2D eigenvalue weighted by atomic mass is 10.1. The molecule has 4 rings (SSSR count). The third-order valence-electron chi connectivity index (χ3n) is 3.87. The Morgan fingerprint density at radius 2 is 1.78 bits per heavy atom. The summed E-state index contributed by atoms with van der Waals surface area (Å²) in [6.07, 6.45) is 1.000. The van der Waals surface area contributed by atoms with Crippen molar-refractivity contribution in [1.29, 1.82) is 0 Å². The van der Waals surface area contributed by atoms with Crippen LogP contribution in [0.1, 0.15) is 20.7 Å². The Bertz CT molecular complexity index is 1070. The Hall–Kier alpha value is -3.26. The third kappa shape index (κ3) is 3.52. The maximum Gasteiger partial charge on any atom is 0.256 e. The number of rotatable bonds is 2. The molecule has 27 heavy (non-hydrogen) atoms. The molecule has 5 nitrogen and oxygen atoms in total. The van der Waals surface area contributed by atoms with Gasteiger partial charge in [-0.05, 0) is 48.5 Å². The molecule has 2 N–H and O–H groups in total. The molecule has 2 amide bonds. The summed E-state index contributed by atoms with van der Waals surface area (Å²) < 4.78 is 26.4. The van der Waals surface area contributed by atoms with Crippen molar-refractivity contribution in [3.05, 3.63) is 77.5 Å². The number of anilines is 2. The highest BCUT2D eigenvalue weighted by molar-refractivity contribution is 7.99. The first kappa shape index (κ1) is 17.2. The van der Waals surface area contributed by atoms with Gasteiger partial charge in [0.15, 0.2) is 0 Å². The second kappa shape index (κ2) is 6.81. The van der Waals surface area contributed by atoms with Crippen LogP contribution in [0.25, 0.3) is 0 Å². The normalized spacial score (nSPS) is 12.4. The summed E-state index contributed by atoms with van der Waals surface area (Å²) in [6.45, 7) is 0. The lowest BCUT2D eigenvalue weighted by Gasteiger charge is -2.09. The average molecular weight is 383 g/mol. The molecule has 2 heterocycles. The van der Waals surface area contributed by atoms with Crippen LogP contribution in [0, 0.1) is 11.6 Å². The molecule has 0 fully saturated rings. The number of hydrogen-bond donors (Lipinski definition) is 2. The zero-order valence-corrected chi connectivity index (χ0v) is 14.4. The molecule has 2 aromatic carbocycles. The SMILES string of the molecule is O=C(Nc1ccc(F)cn1)c1ccc2c(c1)NC(=O)c1cc(F)ccc1S2. The summed E-state index contributed by atoms with van der Waals surface area (Å²) in [4.78, 5) is 29.9. The number of aromatic nitrogens is 1. The van der Waals surface area contributed by atoms with Gasteiger partial charge in [-0.2, -0.15) is 0 Å². The number of benzene rings is 2. The first-order chi connectivity index (χ1) is 13.0. The Balaban J connectivity index is 1.62. The Morgan fingerprint density at radius 3 is 2.56 bits per heavy atom. The number of pyridine rings is 1. The van der Waals surface area contributed by atoms with Gasteiger partial charge in [0.25, 0.3) is 11.8 Å². The minimum Gasteiger partial charge on any atom is -0.321 e. The highest BCUT2D eigenvalue weighted by Crippen LogP contribution is 2.39. The molecule has 1 aromatic heterocycles. The van der Waals surface area contributed by atoms with Gasteiger partial charge in [-0.15, -0.1) is 0 Å². The number of carbonyl (C=O) groups excluding carboxylic acids is 2. The summed E-state index contributed by atoms with van der Waals surface area (Å²) in [7, 11) is 0. The van der Waals surface area contributed by atoms with Crippen molar-refractivity contribution in [1.82, 2.24) is 4.98 Å². The van der Waals surface area contributed by atoms with E-state index in [4.69, 9.17) is 0 Å². The van der Waals surface area contributed by atoms with E-state index in [-0.39, 0.29) is 16.9 Å². The van der Waals surface area contributed by atoms with Gasteiger partial charge in [-0.1, -0.05) is 11.8 Å². The van der Waals surface area contributed by atoms with Crippen LogP contribution in [-0.2, 0) is 0 Å². The van der Waals surface area contributed by atoms with Gasteiger partial charge in [0.2, 0.25) is 0 Å². The smallest absolute Gasteiger partial charge is 0.256 e. The Morgan fingerprint density at radius 1 is 1.00 bits per heavy atom. The van der Waals surface area contributed by atoms with Crippen molar-refractivity contribution in [3.8, 4) is 0 Å². The van der Waals surface area contributed by atoms with Crippen molar-refractivity contribution in [3.63, 3.8) is 0 Å². The maximum atomic E-state index is 13.5. The summed E-state index contributed by atoms with van der Waals surface area (Å²) >= 11 is 1.31. The van der Waals surface area contributed by atoms with Crippen LogP contribution in [0.5, 0.6) is 0 Å². The second-order valence-corrected chi connectivity index (χ2v) is 6.81. The molecule has 0 saturated carbocycles. The second-order valence-electron chi connectivity index (χ2n) is 5.72. The fourth-order valence-electron chi connectivity index (χ4n) is 2.57. The number of nitrogens with one attached hydrogen (secondary N) is 2. The number of amides is 2. The molecule has 1 aliphatic rings. The highest BCUT2D eigenvalue weighted by atomic mass is 32.2. The number of nitrogens with zero attached hydrogens (tertiary/aromatic N) is 1. The molecule has 0 radical (unpaired) electrons. The van der Waals surface area contributed by atoms with E-state index in [1.54, 1.807) is 18.2 Å². The summed E-state index contributed by atoms with van der Waals surface area (Å²) in [6, 6.07) is 11.4. The van der Waals surface area contributed by atoms with Crippen molar-refractivity contribution < 1.29 is 18.4 Å². The number of halogens is 2. The van der Waals surface area contributed by atoms with Crippen LogP contribution in [0.15, 0.2) is 64.5 Å². The van der Waals surface area contributed by atoms with Gasteiger partial charge in [0, 0.05) is 15.4 Å². The topological polar surface area (TPSA) is 71.1 Å². The van der Waals surface area contributed by atoms with E-state index < -0.39 is 23.4 Å². The molecule has 0 atom stereocenters. The average Bonchev–Trinajstić information content (AvgIpc) is 2.79. The first-order valence-electron chi connectivity index (χ1n) is 7.85. The number of carbonyl (C=O) groups is 2. The zero-order chi connectivity index (χ0) is 19.0. The minimum absolute atomic E-state index is 0.206. The van der Waals surface area contributed by atoms with E-state index in [9.17, 15) is 18.4 Å². The van der Waals surface area contributed by atoms with Gasteiger partial charge in [0.05, 0.1) is 17.4 Å². The van der Waals surface area contributed by atoms with Gasteiger partial charge in [0.1, 0.15) is 17.5 Å². The van der Waals surface area contributed by atoms with Crippen LogP contribution in [0.2, 0.25) is 0 Å². The predicted octanol–water partition coefficient (Wildman–Crippen LogP) is 4.33. The Kier molecular flexibility index (Phi) is 4.33. The van der Waals surface area contributed by atoms with Crippen LogP contribution in [0.3, 0.4) is 0 Å². The molecule has 0 saturated heterocycles. The minimum atomic E-state index is -0.506. The van der Waals surface area contributed by atoms with Crippen molar-refractivity contribution >= 4 is 35.1 Å². The van der Waals surface area contributed by atoms with Crippen LogP contribution in [-0.4, -0.2) is 16.8 Å². The largest absolute Gasteiger partial charge is 0.321 e. The van der Waals surface area contributed by atoms with E-state index in [2.05, 4.69) is 15.6 Å². The molecular weight excluding hydrogens is 372 g/mol. The van der Waals surface area contributed by atoms with Crippen molar-refractivity contribution in [2.45, 2.75) is 9.79 Å². The summed E-state index contributed by atoms with van der Waals surface area (Å²) in [5, 5.41) is 5.26. The monoisotopic (exact) mass is 383 g/mol. The van der Waals surface area contributed by atoms with E-state index in [1.165, 1.54) is 42.1 Å². The van der Waals surface area contributed by atoms with E-state index in [0.29, 0.717) is 10.6 Å². The quantitative estimate of drug-likeness (QED) is 0.691. The summed E-state index contributed by atoms with van der Waals surface area (Å²) in [5.74, 6) is -1.70. The molecule has 0 bridgehead atoms. The van der Waals surface area contributed by atoms with Gasteiger partial charge in [-0.3, -0.25) is 9.59 Å². The van der Waals surface area contributed by atoms with Gasteiger partial charge < -0.3 is 10.6 Å². The fraction of sp³-hybridized carbons (Fsp3) is 0. The van der Waals surface area contributed by atoms with E-state index in [1.807, 2.05) is 0 Å². The molecule has 0 spiro atoms. The predicted molar refractivity (Wildman–Crippen MR) is 97.1 cm³/mol. The molecule has 0 aliphatic carbocycles. The van der Waals surface area contributed by atoms with Crippen molar-refractivity contribution in [2.75, 3.05) is 10.6 Å². The van der Waals surface area contributed by atoms with E-state index in [0.717, 1.165) is 11.1 Å². The Labute approximate surface area is 156 Å². The van der Waals surface area contributed by atoms with Crippen LogP contribution >= 0.6 is 11.8 Å². The molecule has 134 valence electrons. The lowest BCUT2D eigenvalue weighted by molar-refractivity contribution is 0.101. The standard InChI is InChI=1S/C19H11F2N3O2S/c20-11-2-5-15-13(8-11)19(26)23-14-7-10(1-4-16(14)27-15)18(25)24-17-6-3-12(21)9-22-17/h1-9H,(H,23,26)(H,22,24,25). The first-order valence-corrected chi connectivity index (χ1v) is 8.67. The maximum absolute atomic E-state index is 13.5.